The summed E-state index contributed by atoms with van der Waals surface area (Å²) < 4.78 is 0. The van der Waals surface area contributed by atoms with Gasteiger partial charge in [0.2, 0.25) is 0 Å². The van der Waals surface area contributed by atoms with Crippen molar-refractivity contribution in [2.75, 3.05) is 13.1 Å². The van der Waals surface area contributed by atoms with Crippen LogP contribution in [-0.2, 0) is 0 Å². The number of hydrogen-bond donors (Lipinski definition) is 2. The molecule has 0 fully saturated rings. The fourth-order valence-corrected chi connectivity index (χ4v) is 1.58. The Kier molecular flexibility index (Phi) is 5.84. The first-order chi connectivity index (χ1) is 8.54. The van der Waals surface area contributed by atoms with Gasteiger partial charge in [0.15, 0.2) is 0 Å². The third-order valence-electron chi connectivity index (χ3n) is 3.37. The highest BCUT2D eigenvalue weighted by Gasteiger charge is 2.10. The van der Waals surface area contributed by atoms with E-state index in [4.69, 9.17) is 5.26 Å². The highest BCUT2D eigenvalue weighted by atomic mass is 16.3. The molecular weight excluding hydrogens is 224 g/mol. The Balaban J connectivity index is 2.40. The summed E-state index contributed by atoms with van der Waals surface area (Å²) in [4.78, 5) is 0. The van der Waals surface area contributed by atoms with Gasteiger partial charge in [-0.15, -0.1) is 0 Å². The maximum Gasteiger partial charge on any atom is 0.0991 e. The lowest BCUT2D eigenvalue weighted by Gasteiger charge is -2.18. The molecule has 0 bridgehead atoms. The summed E-state index contributed by atoms with van der Waals surface area (Å²) in [6.07, 6.45) is -0.517. The zero-order chi connectivity index (χ0) is 13.5. The van der Waals surface area contributed by atoms with Crippen molar-refractivity contribution in [3.8, 4) is 6.07 Å². The molecule has 0 aromatic heterocycles. The van der Waals surface area contributed by atoms with E-state index in [9.17, 15) is 5.11 Å². The molecule has 0 aliphatic rings. The minimum atomic E-state index is -0.517. The average molecular weight is 246 g/mol. The number of nitrogens with zero attached hydrogens (tertiary/aromatic N) is 1. The van der Waals surface area contributed by atoms with Gasteiger partial charge in [0, 0.05) is 6.54 Å². The summed E-state index contributed by atoms with van der Waals surface area (Å²) in [5.74, 6) is 1.24. The second-order valence-corrected chi connectivity index (χ2v) is 5.13. The molecule has 3 heteroatoms. The van der Waals surface area contributed by atoms with Crippen molar-refractivity contribution in [3.63, 3.8) is 0 Å². The van der Waals surface area contributed by atoms with E-state index in [2.05, 4.69) is 32.2 Å². The molecule has 0 heterocycles. The smallest absolute Gasteiger partial charge is 0.0991 e. The summed E-state index contributed by atoms with van der Waals surface area (Å²) in [6, 6.07) is 9.13. The van der Waals surface area contributed by atoms with Crippen LogP contribution in [0.5, 0.6) is 0 Å². The Morgan fingerprint density at radius 3 is 2.28 bits per heavy atom. The number of benzene rings is 1. The average Bonchev–Trinajstić information content (AvgIpc) is 2.38. The van der Waals surface area contributed by atoms with Crippen LogP contribution in [-0.4, -0.2) is 18.2 Å². The molecule has 2 unspecified atom stereocenters. The molecular formula is C15H22N2O. The molecule has 0 aliphatic carbocycles. The Morgan fingerprint density at radius 2 is 1.78 bits per heavy atom. The van der Waals surface area contributed by atoms with Crippen LogP contribution in [0, 0.1) is 23.2 Å². The fourth-order valence-electron chi connectivity index (χ4n) is 1.58. The molecule has 2 atom stereocenters. The molecule has 0 saturated heterocycles. The number of hydrogen-bond acceptors (Lipinski definition) is 3. The maximum atomic E-state index is 9.99. The fraction of sp³-hybridized carbons (Fsp3) is 0.533. The van der Waals surface area contributed by atoms with E-state index in [-0.39, 0.29) is 0 Å². The van der Waals surface area contributed by atoms with E-state index in [0.717, 1.165) is 12.1 Å². The number of rotatable bonds is 6. The molecule has 2 N–H and O–H groups in total. The van der Waals surface area contributed by atoms with E-state index in [1.807, 2.05) is 0 Å². The quantitative estimate of drug-likeness (QED) is 0.810. The normalized spacial score (nSPS) is 14.2. The van der Waals surface area contributed by atoms with Gasteiger partial charge < -0.3 is 10.4 Å². The maximum absolute atomic E-state index is 9.99. The van der Waals surface area contributed by atoms with E-state index >= 15 is 0 Å². The van der Waals surface area contributed by atoms with E-state index in [1.54, 1.807) is 24.3 Å². The summed E-state index contributed by atoms with van der Waals surface area (Å²) in [5.41, 5.74) is 1.46. The van der Waals surface area contributed by atoms with Crippen molar-refractivity contribution < 1.29 is 5.11 Å². The van der Waals surface area contributed by atoms with E-state index in [0.29, 0.717) is 23.9 Å². The van der Waals surface area contributed by atoms with Crippen LogP contribution in [0.3, 0.4) is 0 Å². The van der Waals surface area contributed by atoms with Crippen LogP contribution in [0.4, 0.5) is 0 Å². The lowest BCUT2D eigenvalue weighted by molar-refractivity contribution is 0.171. The standard InChI is InChI=1S/C15H22N2O/c1-11(2)12(3)9-17-10-15(18)14-6-4-13(8-16)5-7-14/h4-7,11-12,15,17-18H,9-10H2,1-3H3. The van der Waals surface area contributed by atoms with Gasteiger partial charge in [0.1, 0.15) is 0 Å². The van der Waals surface area contributed by atoms with Crippen molar-refractivity contribution in [2.45, 2.75) is 26.9 Å². The van der Waals surface area contributed by atoms with Crippen molar-refractivity contribution >= 4 is 0 Å². The Bertz CT molecular complexity index is 392. The first-order valence-electron chi connectivity index (χ1n) is 6.43. The zero-order valence-electron chi connectivity index (χ0n) is 11.4. The van der Waals surface area contributed by atoms with Crippen molar-refractivity contribution in [1.29, 1.82) is 5.26 Å². The van der Waals surface area contributed by atoms with Crippen LogP contribution >= 0.6 is 0 Å². The predicted octanol–water partition coefficient (Wildman–Crippen LogP) is 2.47. The zero-order valence-corrected chi connectivity index (χ0v) is 11.4. The highest BCUT2D eigenvalue weighted by Crippen LogP contribution is 2.13. The molecule has 18 heavy (non-hydrogen) atoms. The SMILES string of the molecule is CC(C)C(C)CNCC(O)c1ccc(C#N)cc1. The van der Waals surface area contributed by atoms with Gasteiger partial charge in [0.05, 0.1) is 17.7 Å². The first-order valence-corrected chi connectivity index (χ1v) is 6.43. The van der Waals surface area contributed by atoms with Gasteiger partial charge in [-0.25, -0.2) is 0 Å². The number of nitriles is 1. The van der Waals surface area contributed by atoms with Gasteiger partial charge in [-0.05, 0) is 36.1 Å². The molecule has 3 nitrogen and oxygen atoms in total. The van der Waals surface area contributed by atoms with Crippen LogP contribution in [0.15, 0.2) is 24.3 Å². The van der Waals surface area contributed by atoms with Gasteiger partial charge in [-0.1, -0.05) is 32.9 Å². The van der Waals surface area contributed by atoms with E-state index in [1.165, 1.54) is 0 Å². The van der Waals surface area contributed by atoms with Gasteiger partial charge in [-0.2, -0.15) is 5.26 Å². The second kappa shape index (κ2) is 7.15. The topological polar surface area (TPSA) is 56.0 Å². The van der Waals surface area contributed by atoms with Crippen molar-refractivity contribution in [3.05, 3.63) is 35.4 Å². The highest BCUT2D eigenvalue weighted by molar-refractivity contribution is 5.32. The lowest BCUT2D eigenvalue weighted by Crippen LogP contribution is -2.28. The second-order valence-electron chi connectivity index (χ2n) is 5.13. The monoisotopic (exact) mass is 246 g/mol. The molecule has 1 rings (SSSR count). The molecule has 98 valence electrons. The summed E-state index contributed by atoms with van der Waals surface area (Å²) in [7, 11) is 0. The third kappa shape index (κ3) is 4.48. The van der Waals surface area contributed by atoms with Gasteiger partial charge >= 0.3 is 0 Å². The molecule has 0 aliphatic heterocycles. The first kappa shape index (κ1) is 14.7. The van der Waals surface area contributed by atoms with E-state index < -0.39 is 6.10 Å². The number of aliphatic hydroxyl groups excluding tert-OH is 1. The minimum Gasteiger partial charge on any atom is -0.387 e. The van der Waals surface area contributed by atoms with Crippen LogP contribution in [0.25, 0.3) is 0 Å². The number of aliphatic hydroxyl groups is 1. The summed E-state index contributed by atoms with van der Waals surface area (Å²) in [5, 5.41) is 22.0. The molecule has 0 saturated carbocycles. The minimum absolute atomic E-state index is 0.517. The van der Waals surface area contributed by atoms with Crippen molar-refractivity contribution in [2.24, 2.45) is 11.8 Å². The summed E-state index contributed by atoms with van der Waals surface area (Å²) >= 11 is 0. The van der Waals surface area contributed by atoms with Gasteiger partial charge in [-0.3, -0.25) is 0 Å². The Hall–Kier alpha value is -1.37. The molecule has 1 aromatic carbocycles. The molecule has 0 spiro atoms. The van der Waals surface area contributed by atoms with Crippen LogP contribution in [0.2, 0.25) is 0 Å². The van der Waals surface area contributed by atoms with Crippen LogP contribution < -0.4 is 5.32 Å². The number of nitrogens with one attached hydrogen (secondary N) is 1. The molecule has 0 radical (unpaired) electrons. The predicted molar refractivity (Wildman–Crippen MR) is 73.0 cm³/mol. The third-order valence-corrected chi connectivity index (χ3v) is 3.37. The summed E-state index contributed by atoms with van der Waals surface area (Å²) in [6.45, 7) is 8.05. The Labute approximate surface area is 109 Å². The molecule has 1 aromatic rings. The van der Waals surface area contributed by atoms with Gasteiger partial charge in [0.25, 0.3) is 0 Å². The lowest BCUT2D eigenvalue weighted by atomic mass is 9.98. The largest absolute Gasteiger partial charge is 0.387 e. The van der Waals surface area contributed by atoms with Crippen LogP contribution in [0.1, 0.15) is 38.0 Å². The molecule has 0 amide bonds. The van der Waals surface area contributed by atoms with Crippen molar-refractivity contribution in [1.82, 2.24) is 5.32 Å². The Morgan fingerprint density at radius 1 is 1.17 bits per heavy atom.